The molecule has 0 amide bonds. The minimum atomic E-state index is -0.422. The summed E-state index contributed by atoms with van der Waals surface area (Å²) in [5.41, 5.74) is 7.06. The molecule has 1 saturated carbocycles. The normalized spacial score (nSPS) is 31.1. The third-order valence-electron chi connectivity index (χ3n) is 2.36. The van der Waals surface area contributed by atoms with Crippen LogP contribution in [-0.4, -0.2) is 28.4 Å². The molecule has 76 valence electrons. The first-order valence-electron chi connectivity index (χ1n) is 4.65. The fraction of sp³-hybridized carbons (Fsp3) is 0.875. The van der Waals surface area contributed by atoms with Gasteiger partial charge >= 0.3 is 0 Å². The van der Waals surface area contributed by atoms with E-state index in [2.05, 4.69) is 4.99 Å². The molecule has 0 spiro atoms. The highest BCUT2D eigenvalue weighted by atomic mass is 16.5. The van der Waals surface area contributed by atoms with Crippen LogP contribution in [0.15, 0.2) is 4.99 Å². The molecule has 0 heterocycles. The van der Waals surface area contributed by atoms with Gasteiger partial charge in [0.25, 0.3) is 0 Å². The zero-order valence-corrected chi connectivity index (χ0v) is 7.61. The van der Waals surface area contributed by atoms with Gasteiger partial charge in [-0.3, -0.25) is 5.21 Å². The molecule has 1 rings (SSSR count). The molecular formula is C8H17N3O2. The van der Waals surface area contributed by atoms with Gasteiger partial charge in [0.1, 0.15) is 0 Å². The van der Waals surface area contributed by atoms with E-state index >= 15 is 0 Å². The van der Waals surface area contributed by atoms with Crippen molar-refractivity contribution in [3.8, 4) is 0 Å². The number of nitrogens with zero attached hydrogens (tertiary/aromatic N) is 1. The van der Waals surface area contributed by atoms with Crippen LogP contribution >= 0.6 is 0 Å². The van der Waals surface area contributed by atoms with Crippen molar-refractivity contribution in [2.75, 3.05) is 0 Å². The van der Waals surface area contributed by atoms with E-state index in [-0.39, 0.29) is 12.0 Å². The second-order valence-corrected chi connectivity index (χ2v) is 3.40. The summed E-state index contributed by atoms with van der Waals surface area (Å²) in [6.45, 7) is 0. The van der Waals surface area contributed by atoms with Crippen molar-refractivity contribution in [1.29, 1.82) is 0 Å². The molecule has 2 atom stereocenters. The van der Waals surface area contributed by atoms with E-state index < -0.39 is 6.10 Å². The molecule has 1 fully saturated rings. The van der Waals surface area contributed by atoms with Crippen LogP contribution in [0.2, 0.25) is 0 Å². The average Bonchev–Trinajstić information content (AvgIpc) is 2.32. The summed E-state index contributed by atoms with van der Waals surface area (Å²) in [7, 11) is 0. The Morgan fingerprint density at radius 3 is 2.69 bits per heavy atom. The number of aliphatic hydroxyl groups is 1. The lowest BCUT2D eigenvalue weighted by molar-refractivity contribution is 0.137. The summed E-state index contributed by atoms with van der Waals surface area (Å²) in [6.07, 6.45) is 4.42. The highest BCUT2D eigenvalue weighted by molar-refractivity contribution is 5.76. The minimum Gasteiger partial charge on any atom is -0.391 e. The van der Waals surface area contributed by atoms with E-state index in [0.29, 0.717) is 0 Å². The largest absolute Gasteiger partial charge is 0.391 e. The Morgan fingerprint density at radius 1 is 1.31 bits per heavy atom. The van der Waals surface area contributed by atoms with Gasteiger partial charge in [0, 0.05) is 0 Å². The number of hydrogen-bond acceptors (Lipinski definition) is 3. The quantitative estimate of drug-likeness (QED) is 0.201. The maximum absolute atomic E-state index is 9.62. The molecule has 2 unspecified atom stereocenters. The van der Waals surface area contributed by atoms with Crippen molar-refractivity contribution in [3.05, 3.63) is 0 Å². The van der Waals surface area contributed by atoms with E-state index in [9.17, 15) is 5.11 Å². The van der Waals surface area contributed by atoms with Gasteiger partial charge in [0.2, 0.25) is 5.96 Å². The Bertz CT molecular complexity index is 184. The standard InChI is InChI=1S/C8H17N3O2/c9-8(11-13)10-6-4-2-1-3-5-7(6)12/h6-7,12-13H,1-5H2,(H3,9,10,11). The molecule has 1 aliphatic carbocycles. The number of rotatable bonds is 1. The van der Waals surface area contributed by atoms with Crippen LogP contribution in [0.5, 0.6) is 0 Å². The van der Waals surface area contributed by atoms with Gasteiger partial charge in [0.05, 0.1) is 12.1 Å². The Hall–Kier alpha value is -0.810. The van der Waals surface area contributed by atoms with Crippen LogP contribution in [0, 0.1) is 0 Å². The number of nitrogens with two attached hydrogens (primary N) is 1. The number of aliphatic hydroxyl groups excluding tert-OH is 1. The summed E-state index contributed by atoms with van der Waals surface area (Å²) in [5.74, 6) is -0.0223. The molecule has 0 aliphatic heterocycles. The van der Waals surface area contributed by atoms with Crippen molar-refractivity contribution in [3.63, 3.8) is 0 Å². The molecule has 0 aromatic rings. The van der Waals surface area contributed by atoms with E-state index in [1.165, 1.54) is 0 Å². The van der Waals surface area contributed by atoms with Crippen LogP contribution in [0.1, 0.15) is 32.1 Å². The molecule has 0 aromatic heterocycles. The maximum atomic E-state index is 9.62. The molecule has 0 saturated heterocycles. The Kier molecular flexibility index (Phi) is 3.98. The highest BCUT2D eigenvalue weighted by Crippen LogP contribution is 2.20. The zero-order chi connectivity index (χ0) is 9.68. The molecular weight excluding hydrogens is 170 g/mol. The molecule has 0 bridgehead atoms. The molecule has 1 aliphatic rings. The molecule has 5 N–H and O–H groups in total. The molecule has 5 nitrogen and oxygen atoms in total. The van der Waals surface area contributed by atoms with E-state index in [0.717, 1.165) is 32.1 Å². The fourth-order valence-corrected chi connectivity index (χ4v) is 1.63. The van der Waals surface area contributed by atoms with Crippen molar-refractivity contribution in [1.82, 2.24) is 5.48 Å². The Morgan fingerprint density at radius 2 is 2.00 bits per heavy atom. The summed E-state index contributed by atoms with van der Waals surface area (Å²) in [4.78, 5) is 3.98. The van der Waals surface area contributed by atoms with Crippen molar-refractivity contribution >= 4 is 5.96 Å². The van der Waals surface area contributed by atoms with Gasteiger partial charge in [-0.05, 0) is 12.8 Å². The minimum absolute atomic E-state index is 0.0223. The predicted molar refractivity (Wildman–Crippen MR) is 49.4 cm³/mol. The first-order chi connectivity index (χ1) is 6.24. The third-order valence-corrected chi connectivity index (χ3v) is 2.36. The fourth-order valence-electron chi connectivity index (χ4n) is 1.63. The zero-order valence-electron chi connectivity index (χ0n) is 7.61. The van der Waals surface area contributed by atoms with Crippen LogP contribution in [0.25, 0.3) is 0 Å². The average molecular weight is 187 g/mol. The smallest absolute Gasteiger partial charge is 0.213 e. The number of nitrogens with one attached hydrogen (secondary N) is 1. The van der Waals surface area contributed by atoms with E-state index in [1.807, 2.05) is 0 Å². The highest BCUT2D eigenvalue weighted by Gasteiger charge is 2.20. The molecule has 13 heavy (non-hydrogen) atoms. The lowest BCUT2D eigenvalue weighted by atomic mass is 10.1. The molecule has 0 aromatic carbocycles. The van der Waals surface area contributed by atoms with E-state index in [1.54, 1.807) is 5.48 Å². The van der Waals surface area contributed by atoms with Crippen molar-refractivity contribution < 1.29 is 10.3 Å². The third kappa shape index (κ3) is 3.20. The van der Waals surface area contributed by atoms with Gasteiger partial charge in [0.15, 0.2) is 0 Å². The Labute approximate surface area is 77.6 Å². The van der Waals surface area contributed by atoms with Crippen molar-refractivity contribution in [2.45, 2.75) is 44.2 Å². The van der Waals surface area contributed by atoms with Gasteiger partial charge in [-0.1, -0.05) is 19.3 Å². The number of hydroxylamine groups is 1. The van der Waals surface area contributed by atoms with E-state index in [4.69, 9.17) is 10.9 Å². The first-order valence-corrected chi connectivity index (χ1v) is 4.65. The predicted octanol–water partition coefficient (Wildman–Crippen LogP) is -0.0265. The second-order valence-electron chi connectivity index (χ2n) is 3.40. The van der Waals surface area contributed by atoms with Crippen LogP contribution in [-0.2, 0) is 0 Å². The van der Waals surface area contributed by atoms with Gasteiger partial charge in [-0.25, -0.2) is 10.5 Å². The summed E-state index contributed by atoms with van der Waals surface area (Å²) in [6, 6.07) is -0.165. The molecule has 0 radical (unpaired) electrons. The van der Waals surface area contributed by atoms with Crippen LogP contribution in [0.4, 0.5) is 0 Å². The molecule has 5 heteroatoms. The summed E-state index contributed by atoms with van der Waals surface area (Å²) in [5, 5.41) is 18.1. The van der Waals surface area contributed by atoms with Gasteiger partial charge in [-0.15, -0.1) is 0 Å². The monoisotopic (exact) mass is 187 g/mol. The number of guanidine groups is 1. The SMILES string of the molecule is NC(=NC1CCCCCC1O)NO. The van der Waals surface area contributed by atoms with Gasteiger partial charge in [-0.2, -0.15) is 0 Å². The number of aliphatic imine (C=N–C) groups is 1. The summed E-state index contributed by atoms with van der Waals surface area (Å²) < 4.78 is 0. The van der Waals surface area contributed by atoms with Gasteiger partial charge < -0.3 is 10.8 Å². The van der Waals surface area contributed by atoms with Crippen LogP contribution < -0.4 is 11.2 Å². The maximum Gasteiger partial charge on any atom is 0.213 e. The first kappa shape index (κ1) is 10.3. The van der Waals surface area contributed by atoms with Crippen molar-refractivity contribution in [2.24, 2.45) is 10.7 Å². The second kappa shape index (κ2) is 5.04. The number of hydrogen-bond donors (Lipinski definition) is 4. The lowest BCUT2D eigenvalue weighted by Gasteiger charge is -2.16. The lowest BCUT2D eigenvalue weighted by Crippen LogP contribution is -2.33. The van der Waals surface area contributed by atoms with Crippen LogP contribution in [0.3, 0.4) is 0 Å². The Balaban J connectivity index is 2.54. The topological polar surface area (TPSA) is 90.9 Å². The summed E-state index contributed by atoms with van der Waals surface area (Å²) >= 11 is 0.